The van der Waals surface area contributed by atoms with E-state index in [9.17, 15) is 22.8 Å². The Morgan fingerprint density at radius 2 is 1.59 bits per heavy atom. The van der Waals surface area contributed by atoms with Crippen LogP contribution in [0.4, 0.5) is 5.69 Å². The SMILES string of the molecule is NC1CCN(S(=O)(=O)c2cccc(CN3CCC4(CC3)CCN(c3ccc5c(c3)CN(C3CCC(=O)NC3=O)C5=O)CC4)c2)CC1. The summed E-state index contributed by atoms with van der Waals surface area (Å²) in [5, 5.41) is 2.37. The first-order valence-corrected chi connectivity index (χ1v) is 18.1. The summed E-state index contributed by atoms with van der Waals surface area (Å²) in [6.45, 7) is 6.03. The Morgan fingerprint density at radius 3 is 2.30 bits per heavy atom. The summed E-state index contributed by atoms with van der Waals surface area (Å²) in [6.07, 6.45) is 6.52. The zero-order valence-electron chi connectivity index (χ0n) is 26.3. The molecule has 2 aromatic rings. The van der Waals surface area contributed by atoms with Crippen molar-refractivity contribution < 1.29 is 22.8 Å². The largest absolute Gasteiger partial charge is 0.371 e. The van der Waals surface area contributed by atoms with E-state index in [1.54, 1.807) is 15.3 Å². The third-order valence-electron chi connectivity index (χ3n) is 11.1. The van der Waals surface area contributed by atoms with Gasteiger partial charge in [0.1, 0.15) is 6.04 Å². The number of imide groups is 1. The van der Waals surface area contributed by atoms with Crippen molar-refractivity contribution in [3.63, 3.8) is 0 Å². The van der Waals surface area contributed by atoms with Gasteiger partial charge in [-0.2, -0.15) is 4.31 Å². The van der Waals surface area contributed by atoms with Crippen LogP contribution in [0.15, 0.2) is 47.4 Å². The minimum absolute atomic E-state index is 0.0818. The minimum atomic E-state index is -3.51. The fourth-order valence-electron chi connectivity index (χ4n) is 8.01. The van der Waals surface area contributed by atoms with Crippen LogP contribution in [0.2, 0.25) is 0 Å². The van der Waals surface area contributed by atoms with E-state index in [0.717, 1.165) is 75.2 Å². The second-order valence-electron chi connectivity index (χ2n) is 13.9. The van der Waals surface area contributed by atoms with Crippen LogP contribution < -0.4 is 16.0 Å². The average molecular weight is 649 g/mol. The summed E-state index contributed by atoms with van der Waals surface area (Å²) in [5.41, 5.74) is 10.1. The molecule has 12 heteroatoms. The first-order chi connectivity index (χ1) is 22.1. The minimum Gasteiger partial charge on any atom is -0.371 e. The molecule has 1 spiro atoms. The molecule has 0 bridgehead atoms. The van der Waals surface area contributed by atoms with Crippen LogP contribution in [0, 0.1) is 5.41 Å². The lowest BCUT2D eigenvalue weighted by atomic mass is 9.71. The van der Waals surface area contributed by atoms with Gasteiger partial charge in [-0.3, -0.25) is 24.6 Å². The van der Waals surface area contributed by atoms with Crippen molar-refractivity contribution >= 4 is 33.4 Å². The number of nitrogens with one attached hydrogen (secondary N) is 1. The number of sulfonamides is 1. The molecule has 0 aromatic heterocycles. The van der Waals surface area contributed by atoms with Gasteiger partial charge in [0.25, 0.3) is 5.91 Å². The molecule has 246 valence electrons. The van der Waals surface area contributed by atoms with E-state index in [1.807, 2.05) is 30.3 Å². The number of hydrogen-bond acceptors (Lipinski definition) is 8. The Balaban J connectivity index is 0.923. The van der Waals surface area contributed by atoms with Crippen molar-refractivity contribution in [3.05, 3.63) is 59.2 Å². The van der Waals surface area contributed by atoms with Crippen LogP contribution in [-0.2, 0) is 32.7 Å². The molecular formula is C34H44N6O5S. The monoisotopic (exact) mass is 648 g/mol. The third kappa shape index (κ3) is 6.08. The molecule has 3 amide bonds. The van der Waals surface area contributed by atoms with E-state index in [0.29, 0.717) is 54.8 Å². The number of carbonyl (C=O) groups excluding carboxylic acids is 3. The Hall–Kier alpha value is -3.32. The Labute approximate surface area is 271 Å². The van der Waals surface area contributed by atoms with E-state index >= 15 is 0 Å². The molecule has 46 heavy (non-hydrogen) atoms. The van der Waals surface area contributed by atoms with Gasteiger partial charge in [0.05, 0.1) is 4.90 Å². The van der Waals surface area contributed by atoms with Crippen LogP contribution in [0.3, 0.4) is 0 Å². The average Bonchev–Trinajstić information content (AvgIpc) is 3.38. The molecule has 5 aliphatic rings. The summed E-state index contributed by atoms with van der Waals surface area (Å²) in [6, 6.07) is 13.0. The topological polar surface area (TPSA) is 136 Å². The van der Waals surface area contributed by atoms with Gasteiger partial charge < -0.3 is 15.5 Å². The molecule has 4 saturated heterocycles. The highest BCUT2D eigenvalue weighted by molar-refractivity contribution is 7.89. The third-order valence-corrected chi connectivity index (χ3v) is 12.9. The van der Waals surface area contributed by atoms with Gasteiger partial charge in [0.2, 0.25) is 21.8 Å². The first-order valence-electron chi connectivity index (χ1n) is 16.7. The highest BCUT2D eigenvalue weighted by atomic mass is 32.2. The molecule has 1 atom stereocenters. The molecule has 0 radical (unpaired) electrons. The van der Waals surface area contributed by atoms with Gasteiger partial charge in [-0.1, -0.05) is 12.1 Å². The molecule has 3 N–H and O–H groups in total. The lowest BCUT2D eigenvalue weighted by molar-refractivity contribution is -0.136. The molecule has 1 unspecified atom stereocenters. The number of piperidine rings is 4. The van der Waals surface area contributed by atoms with Gasteiger partial charge in [-0.15, -0.1) is 0 Å². The predicted octanol–water partition coefficient (Wildman–Crippen LogP) is 2.44. The molecule has 11 nitrogen and oxygen atoms in total. The van der Waals surface area contributed by atoms with Crippen LogP contribution in [-0.4, -0.2) is 91.6 Å². The van der Waals surface area contributed by atoms with Gasteiger partial charge in [-0.05, 0) is 105 Å². The second kappa shape index (κ2) is 12.4. The second-order valence-corrected chi connectivity index (χ2v) is 15.8. The maximum absolute atomic E-state index is 13.3. The number of amides is 3. The number of benzene rings is 2. The highest BCUT2D eigenvalue weighted by Crippen LogP contribution is 2.43. The number of rotatable bonds is 6. The first kappa shape index (κ1) is 31.3. The maximum atomic E-state index is 13.3. The lowest BCUT2D eigenvalue weighted by Crippen LogP contribution is -2.52. The van der Waals surface area contributed by atoms with Crippen LogP contribution in [0.25, 0.3) is 0 Å². The lowest BCUT2D eigenvalue weighted by Gasteiger charge is -2.47. The number of anilines is 1. The van der Waals surface area contributed by atoms with Crippen molar-refractivity contribution in [1.29, 1.82) is 0 Å². The van der Waals surface area contributed by atoms with Crippen molar-refractivity contribution in [1.82, 2.24) is 19.4 Å². The zero-order valence-corrected chi connectivity index (χ0v) is 27.1. The van der Waals surface area contributed by atoms with E-state index in [4.69, 9.17) is 5.73 Å². The number of nitrogens with zero attached hydrogens (tertiary/aromatic N) is 4. The summed E-state index contributed by atoms with van der Waals surface area (Å²) in [5.74, 6) is -0.801. The smallest absolute Gasteiger partial charge is 0.255 e. The molecule has 0 saturated carbocycles. The van der Waals surface area contributed by atoms with Crippen LogP contribution >= 0.6 is 0 Å². The zero-order chi connectivity index (χ0) is 32.1. The quantitative estimate of drug-likeness (QED) is 0.456. The van der Waals surface area contributed by atoms with Gasteiger partial charge >= 0.3 is 0 Å². The predicted molar refractivity (Wildman–Crippen MR) is 173 cm³/mol. The molecule has 0 aliphatic carbocycles. The van der Waals surface area contributed by atoms with E-state index < -0.39 is 16.1 Å². The standard InChI is InChI=1S/C34H44N6O5S/c35-26-8-14-39(15-9-26)46(44,45)28-3-1-2-24(20-28)22-37-16-10-34(11-17-37)12-18-38(19-13-34)27-4-5-29-25(21-27)23-40(33(29)43)30-6-7-31(41)36-32(30)42/h1-5,20-21,26,30H,6-19,22-23,35H2,(H,36,41,42). The van der Waals surface area contributed by atoms with Gasteiger partial charge in [-0.25, -0.2) is 8.42 Å². The summed E-state index contributed by atoms with van der Waals surface area (Å²) >= 11 is 0. The van der Waals surface area contributed by atoms with Crippen molar-refractivity contribution in [2.24, 2.45) is 11.1 Å². The van der Waals surface area contributed by atoms with Gasteiger partial charge in [0.15, 0.2) is 0 Å². The Morgan fingerprint density at radius 1 is 0.870 bits per heavy atom. The summed E-state index contributed by atoms with van der Waals surface area (Å²) < 4.78 is 28.1. The number of carbonyl (C=O) groups is 3. The molecular weight excluding hydrogens is 604 g/mol. The number of nitrogens with two attached hydrogens (primary N) is 1. The number of likely N-dealkylation sites (tertiary alicyclic amines) is 1. The number of fused-ring (bicyclic) bond motifs is 1. The van der Waals surface area contributed by atoms with Gasteiger partial charge in [0, 0.05) is 63.0 Å². The summed E-state index contributed by atoms with van der Waals surface area (Å²) in [4.78, 5) is 43.9. The Kier molecular flexibility index (Phi) is 8.41. The maximum Gasteiger partial charge on any atom is 0.255 e. The van der Waals surface area contributed by atoms with Crippen LogP contribution in [0.1, 0.15) is 72.9 Å². The summed E-state index contributed by atoms with van der Waals surface area (Å²) in [7, 11) is -3.51. The Bertz CT molecular complexity index is 1620. The van der Waals surface area contributed by atoms with Crippen LogP contribution in [0.5, 0.6) is 0 Å². The molecule has 2 aromatic carbocycles. The number of hydrogen-bond donors (Lipinski definition) is 2. The van der Waals surface area contributed by atoms with Crippen molar-refractivity contribution in [2.45, 2.75) is 81.4 Å². The van der Waals surface area contributed by atoms with E-state index in [1.165, 1.54) is 0 Å². The van der Waals surface area contributed by atoms with Crippen molar-refractivity contribution in [3.8, 4) is 0 Å². The fraction of sp³-hybridized carbons (Fsp3) is 0.559. The molecule has 4 fully saturated rings. The molecule has 5 aliphatic heterocycles. The van der Waals surface area contributed by atoms with E-state index in [-0.39, 0.29) is 30.2 Å². The molecule has 7 rings (SSSR count). The normalized spacial score (nSPS) is 24.8. The van der Waals surface area contributed by atoms with Crippen molar-refractivity contribution in [2.75, 3.05) is 44.2 Å². The highest BCUT2D eigenvalue weighted by Gasteiger charge is 2.41. The fourth-order valence-corrected chi connectivity index (χ4v) is 9.55. The van der Waals surface area contributed by atoms with E-state index in [2.05, 4.69) is 21.2 Å². The molecule has 5 heterocycles.